The molecule has 2 N–H and O–H groups in total. The maximum Gasteiger partial charge on any atom is 0.234 e. The van der Waals surface area contributed by atoms with Crippen LogP contribution in [0, 0.1) is 0 Å². The van der Waals surface area contributed by atoms with Gasteiger partial charge in [-0.15, -0.1) is 12.4 Å². The predicted molar refractivity (Wildman–Crippen MR) is 76.2 cm³/mol. The number of piperidine rings is 1. The van der Waals surface area contributed by atoms with E-state index < -0.39 is 0 Å². The molecule has 2 fully saturated rings. The van der Waals surface area contributed by atoms with Crippen molar-refractivity contribution in [1.29, 1.82) is 0 Å². The normalized spacial score (nSPS) is 22.7. The third-order valence-electron chi connectivity index (χ3n) is 4.07. The number of likely N-dealkylation sites (tertiary alicyclic amines) is 1. The fourth-order valence-electron chi connectivity index (χ4n) is 3.12. The van der Waals surface area contributed by atoms with E-state index in [1.54, 1.807) is 0 Å². The van der Waals surface area contributed by atoms with Gasteiger partial charge in [-0.1, -0.05) is 12.8 Å². The summed E-state index contributed by atoms with van der Waals surface area (Å²) in [5.41, 5.74) is 0. The summed E-state index contributed by atoms with van der Waals surface area (Å²) in [5, 5.41) is 5.99. The monoisotopic (exact) mass is 275 g/mol. The van der Waals surface area contributed by atoms with Gasteiger partial charge in [0, 0.05) is 25.2 Å². The van der Waals surface area contributed by atoms with Crippen molar-refractivity contribution in [3.05, 3.63) is 0 Å². The van der Waals surface area contributed by atoms with E-state index in [1.165, 1.54) is 25.7 Å². The van der Waals surface area contributed by atoms with Crippen LogP contribution in [0.4, 0.5) is 0 Å². The van der Waals surface area contributed by atoms with Crippen LogP contribution in [-0.4, -0.2) is 49.6 Å². The highest BCUT2D eigenvalue weighted by molar-refractivity contribution is 5.85. The molecule has 0 radical (unpaired) electrons. The Balaban J connectivity index is 0.00000162. The van der Waals surface area contributed by atoms with Gasteiger partial charge in [0.1, 0.15) is 0 Å². The Morgan fingerprint density at radius 1 is 1.17 bits per heavy atom. The van der Waals surface area contributed by atoms with Gasteiger partial charge in [-0.3, -0.25) is 4.79 Å². The van der Waals surface area contributed by atoms with Crippen LogP contribution in [0.15, 0.2) is 0 Å². The molecular weight excluding hydrogens is 250 g/mol. The molecule has 0 unspecified atom stereocenters. The largest absolute Gasteiger partial charge is 0.352 e. The van der Waals surface area contributed by atoms with Crippen LogP contribution in [0.5, 0.6) is 0 Å². The van der Waals surface area contributed by atoms with Gasteiger partial charge in [0.05, 0.1) is 6.54 Å². The summed E-state index contributed by atoms with van der Waals surface area (Å²) >= 11 is 0. The van der Waals surface area contributed by atoms with Gasteiger partial charge in [0.15, 0.2) is 0 Å². The van der Waals surface area contributed by atoms with Gasteiger partial charge in [-0.05, 0) is 32.7 Å². The van der Waals surface area contributed by atoms with Crippen molar-refractivity contribution >= 4 is 18.3 Å². The molecule has 1 aliphatic heterocycles. The predicted octanol–water partition coefficient (Wildman–Crippen LogP) is 1.15. The number of hydrogen-bond acceptors (Lipinski definition) is 3. The second-order valence-corrected chi connectivity index (χ2v) is 5.35. The lowest BCUT2D eigenvalue weighted by Crippen LogP contribution is -2.48. The molecule has 1 heterocycles. The lowest BCUT2D eigenvalue weighted by molar-refractivity contribution is -0.121. The highest BCUT2D eigenvalue weighted by Gasteiger charge is 2.27. The topological polar surface area (TPSA) is 44.4 Å². The number of amides is 1. The first-order valence-corrected chi connectivity index (χ1v) is 6.97. The number of carbonyl (C=O) groups is 1. The van der Waals surface area contributed by atoms with Crippen molar-refractivity contribution in [2.45, 2.75) is 50.6 Å². The SMILES string of the molecule is CNCC(=O)NC1CCN(C2CCCC2)CC1.Cl. The first-order chi connectivity index (χ1) is 8.29. The van der Waals surface area contributed by atoms with Gasteiger partial charge < -0.3 is 15.5 Å². The summed E-state index contributed by atoms with van der Waals surface area (Å²) in [6.45, 7) is 2.76. The molecule has 0 aromatic carbocycles. The molecule has 1 saturated carbocycles. The summed E-state index contributed by atoms with van der Waals surface area (Å²) in [6.07, 6.45) is 7.82. The van der Waals surface area contributed by atoms with Crippen LogP contribution in [0.2, 0.25) is 0 Å². The standard InChI is InChI=1S/C13H25N3O.ClH/c1-14-10-13(17)15-11-6-8-16(9-7-11)12-4-2-3-5-12;/h11-12,14H,2-10H2,1H3,(H,15,17);1H. The average Bonchev–Trinajstić information content (AvgIpc) is 2.84. The van der Waals surface area contributed by atoms with Crippen LogP contribution >= 0.6 is 12.4 Å². The first-order valence-electron chi connectivity index (χ1n) is 6.97. The highest BCUT2D eigenvalue weighted by atomic mass is 35.5. The molecule has 1 saturated heterocycles. The minimum Gasteiger partial charge on any atom is -0.352 e. The molecule has 0 bridgehead atoms. The van der Waals surface area contributed by atoms with E-state index in [9.17, 15) is 4.79 Å². The number of halogens is 1. The van der Waals surface area contributed by atoms with E-state index >= 15 is 0 Å². The van der Waals surface area contributed by atoms with Crippen LogP contribution < -0.4 is 10.6 Å². The smallest absolute Gasteiger partial charge is 0.234 e. The molecule has 1 amide bonds. The lowest BCUT2D eigenvalue weighted by atomic mass is 10.0. The molecule has 5 heteroatoms. The first kappa shape index (κ1) is 15.7. The summed E-state index contributed by atoms with van der Waals surface area (Å²) in [5.74, 6) is 0.131. The highest BCUT2D eigenvalue weighted by Crippen LogP contribution is 2.25. The molecule has 0 spiro atoms. The molecule has 0 aromatic heterocycles. The summed E-state index contributed by atoms with van der Waals surface area (Å²) in [7, 11) is 1.81. The molecule has 1 aliphatic carbocycles. The zero-order chi connectivity index (χ0) is 12.1. The van der Waals surface area contributed by atoms with Crippen molar-refractivity contribution < 1.29 is 4.79 Å². The lowest BCUT2D eigenvalue weighted by Gasteiger charge is -2.36. The summed E-state index contributed by atoms with van der Waals surface area (Å²) < 4.78 is 0. The molecule has 106 valence electrons. The Morgan fingerprint density at radius 3 is 2.33 bits per heavy atom. The zero-order valence-electron chi connectivity index (χ0n) is 11.3. The average molecular weight is 276 g/mol. The van der Waals surface area contributed by atoms with Gasteiger partial charge in [-0.2, -0.15) is 0 Å². The number of carbonyl (C=O) groups excluding carboxylic acids is 1. The Labute approximate surface area is 116 Å². The number of hydrogen-bond donors (Lipinski definition) is 2. The van der Waals surface area contributed by atoms with Crippen molar-refractivity contribution in [3.63, 3.8) is 0 Å². The minimum absolute atomic E-state index is 0. The van der Waals surface area contributed by atoms with E-state index in [4.69, 9.17) is 0 Å². The third kappa shape index (κ3) is 4.41. The molecule has 2 rings (SSSR count). The maximum atomic E-state index is 11.5. The van der Waals surface area contributed by atoms with Gasteiger partial charge >= 0.3 is 0 Å². The Hall–Kier alpha value is -0.320. The molecule has 4 nitrogen and oxygen atoms in total. The second kappa shape index (κ2) is 7.97. The number of likely N-dealkylation sites (N-methyl/N-ethyl adjacent to an activating group) is 1. The molecule has 2 aliphatic rings. The zero-order valence-corrected chi connectivity index (χ0v) is 12.1. The molecule has 18 heavy (non-hydrogen) atoms. The Kier molecular flexibility index (Phi) is 6.97. The molecular formula is C13H26ClN3O. The van der Waals surface area contributed by atoms with Crippen LogP contribution in [-0.2, 0) is 4.79 Å². The van der Waals surface area contributed by atoms with Gasteiger partial charge in [-0.25, -0.2) is 0 Å². The van der Waals surface area contributed by atoms with Crippen molar-refractivity contribution in [1.82, 2.24) is 15.5 Å². The van der Waals surface area contributed by atoms with Gasteiger partial charge in [0.25, 0.3) is 0 Å². The Bertz CT molecular complexity index is 249. The van der Waals surface area contributed by atoms with E-state index in [0.717, 1.165) is 32.0 Å². The van der Waals surface area contributed by atoms with Crippen molar-refractivity contribution in [2.75, 3.05) is 26.7 Å². The number of rotatable bonds is 4. The van der Waals surface area contributed by atoms with E-state index in [0.29, 0.717) is 12.6 Å². The quantitative estimate of drug-likeness (QED) is 0.809. The second-order valence-electron chi connectivity index (χ2n) is 5.35. The van der Waals surface area contributed by atoms with Crippen molar-refractivity contribution in [2.24, 2.45) is 0 Å². The minimum atomic E-state index is 0. The molecule has 0 atom stereocenters. The van der Waals surface area contributed by atoms with Crippen LogP contribution in [0.3, 0.4) is 0 Å². The van der Waals surface area contributed by atoms with E-state index in [1.807, 2.05) is 7.05 Å². The van der Waals surface area contributed by atoms with Crippen LogP contribution in [0.1, 0.15) is 38.5 Å². The fraction of sp³-hybridized carbons (Fsp3) is 0.923. The third-order valence-corrected chi connectivity index (χ3v) is 4.07. The van der Waals surface area contributed by atoms with E-state index in [-0.39, 0.29) is 18.3 Å². The Morgan fingerprint density at radius 2 is 1.78 bits per heavy atom. The van der Waals surface area contributed by atoms with Crippen molar-refractivity contribution in [3.8, 4) is 0 Å². The summed E-state index contributed by atoms with van der Waals surface area (Å²) in [6, 6.07) is 1.23. The number of nitrogens with one attached hydrogen (secondary N) is 2. The van der Waals surface area contributed by atoms with Gasteiger partial charge in [0.2, 0.25) is 5.91 Å². The van der Waals surface area contributed by atoms with Crippen LogP contribution in [0.25, 0.3) is 0 Å². The van der Waals surface area contributed by atoms with E-state index in [2.05, 4.69) is 15.5 Å². The number of nitrogens with zero attached hydrogens (tertiary/aromatic N) is 1. The summed E-state index contributed by atoms with van der Waals surface area (Å²) in [4.78, 5) is 14.1. The fourth-order valence-corrected chi connectivity index (χ4v) is 3.12. The maximum absolute atomic E-state index is 11.5. The molecule has 0 aromatic rings.